The number of hydrogen-bond donors (Lipinski definition) is 0. The minimum absolute atomic E-state index is 0.356. The van der Waals surface area contributed by atoms with Crippen LogP contribution < -0.4 is 10.4 Å². The molecule has 0 saturated carbocycles. The summed E-state index contributed by atoms with van der Waals surface area (Å²) >= 11 is 0. The lowest BCUT2D eigenvalue weighted by Gasteiger charge is -2.07. The molecule has 0 bridgehead atoms. The molecule has 0 aliphatic rings. The summed E-state index contributed by atoms with van der Waals surface area (Å²) in [6, 6.07) is 16.5. The zero-order valence-electron chi connectivity index (χ0n) is 18.1. The number of aromatic nitrogens is 6. The summed E-state index contributed by atoms with van der Waals surface area (Å²) in [5, 5.41) is 18.2. The van der Waals surface area contributed by atoms with E-state index in [4.69, 9.17) is 9.15 Å². The Morgan fingerprint density at radius 3 is 2.55 bits per heavy atom. The van der Waals surface area contributed by atoms with Gasteiger partial charge in [0.05, 0.1) is 12.8 Å². The topological polar surface area (TPSA) is 101 Å². The molecule has 0 unspecified atom stereocenters. The van der Waals surface area contributed by atoms with Crippen molar-refractivity contribution in [1.82, 2.24) is 30.0 Å². The van der Waals surface area contributed by atoms with Gasteiger partial charge in [-0.1, -0.05) is 23.8 Å². The van der Waals surface area contributed by atoms with E-state index in [1.54, 1.807) is 16.9 Å². The number of unbranched alkanes of at least 4 members (excludes halogenated alkanes) is 3. The van der Waals surface area contributed by atoms with Crippen molar-refractivity contribution >= 4 is 22.0 Å². The molecule has 0 aliphatic heterocycles. The Labute approximate surface area is 189 Å². The molecule has 0 aliphatic carbocycles. The maximum atomic E-state index is 11.4. The standard InChI is InChI=1S/C24H24N6O3/c31-24-12-10-18-9-11-20(15-23(18)33-24)32-14-6-2-1-5-13-29-16-19(25-28-29)17-30-26-21-7-3-4-8-22(21)27-30/h3-4,7-12,15-16H,1-2,5-6,13-14,17H2. The number of nitrogens with zero attached hydrogens (tertiary/aromatic N) is 6. The van der Waals surface area contributed by atoms with Gasteiger partial charge in [0.15, 0.2) is 0 Å². The fourth-order valence-corrected chi connectivity index (χ4v) is 3.69. The van der Waals surface area contributed by atoms with Gasteiger partial charge in [-0.2, -0.15) is 15.0 Å². The predicted octanol–water partition coefficient (Wildman–Crippen LogP) is 3.82. The van der Waals surface area contributed by atoms with Crippen LogP contribution in [0, 0.1) is 0 Å². The molecule has 0 spiro atoms. The number of fused-ring (bicyclic) bond motifs is 2. The first-order valence-electron chi connectivity index (χ1n) is 11.1. The molecule has 0 N–H and O–H groups in total. The van der Waals surface area contributed by atoms with E-state index in [9.17, 15) is 4.79 Å². The third-order valence-corrected chi connectivity index (χ3v) is 5.36. The normalized spacial score (nSPS) is 11.4. The fraction of sp³-hybridized carbons (Fsp3) is 0.292. The van der Waals surface area contributed by atoms with Gasteiger partial charge >= 0.3 is 5.63 Å². The highest BCUT2D eigenvalue weighted by Gasteiger charge is 2.06. The zero-order chi connectivity index (χ0) is 22.5. The van der Waals surface area contributed by atoms with Gasteiger partial charge in [0, 0.05) is 24.1 Å². The molecule has 0 saturated heterocycles. The highest BCUT2D eigenvalue weighted by Crippen LogP contribution is 2.19. The van der Waals surface area contributed by atoms with Crippen molar-refractivity contribution in [2.45, 2.75) is 38.8 Å². The third kappa shape index (κ3) is 5.25. The van der Waals surface area contributed by atoms with Crippen LogP contribution >= 0.6 is 0 Å². The van der Waals surface area contributed by atoms with Gasteiger partial charge in [-0.05, 0) is 49.6 Å². The Hall–Kier alpha value is -4.01. The first-order valence-corrected chi connectivity index (χ1v) is 11.1. The number of rotatable bonds is 10. The summed E-state index contributed by atoms with van der Waals surface area (Å²) in [6.07, 6.45) is 6.08. The van der Waals surface area contributed by atoms with Gasteiger partial charge in [0.2, 0.25) is 0 Å². The lowest BCUT2D eigenvalue weighted by atomic mass is 10.2. The molecule has 3 aromatic heterocycles. The zero-order valence-corrected chi connectivity index (χ0v) is 18.1. The smallest absolute Gasteiger partial charge is 0.336 e. The molecule has 168 valence electrons. The van der Waals surface area contributed by atoms with E-state index < -0.39 is 0 Å². The van der Waals surface area contributed by atoms with Gasteiger partial charge in [-0.3, -0.25) is 4.68 Å². The van der Waals surface area contributed by atoms with E-state index in [1.807, 2.05) is 47.3 Å². The van der Waals surface area contributed by atoms with Crippen molar-refractivity contribution in [1.29, 1.82) is 0 Å². The van der Waals surface area contributed by atoms with Crippen molar-refractivity contribution in [2.24, 2.45) is 0 Å². The maximum Gasteiger partial charge on any atom is 0.336 e. The van der Waals surface area contributed by atoms with Crippen molar-refractivity contribution in [3.63, 3.8) is 0 Å². The first kappa shape index (κ1) is 20.9. The van der Waals surface area contributed by atoms with E-state index in [0.717, 1.165) is 54.3 Å². The molecule has 9 nitrogen and oxygen atoms in total. The van der Waals surface area contributed by atoms with E-state index in [2.05, 4.69) is 20.5 Å². The van der Waals surface area contributed by atoms with E-state index in [0.29, 0.717) is 24.5 Å². The highest BCUT2D eigenvalue weighted by molar-refractivity contribution is 5.77. The maximum absolute atomic E-state index is 11.4. The second kappa shape index (κ2) is 9.64. The average molecular weight is 444 g/mol. The largest absolute Gasteiger partial charge is 0.493 e. The van der Waals surface area contributed by atoms with Crippen LogP contribution in [0.4, 0.5) is 0 Å². The monoisotopic (exact) mass is 444 g/mol. The predicted molar refractivity (Wildman–Crippen MR) is 123 cm³/mol. The summed E-state index contributed by atoms with van der Waals surface area (Å²) in [5.74, 6) is 0.714. The second-order valence-electron chi connectivity index (χ2n) is 7.91. The molecule has 3 heterocycles. The minimum Gasteiger partial charge on any atom is -0.493 e. The molecule has 5 aromatic rings. The summed E-state index contributed by atoms with van der Waals surface area (Å²) in [7, 11) is 0. The molecular formula is C24H24N6O3. The molecule has 33 heavy (non-hydrogen) atoms. The molecule has 0 amide bonds. The Morgan fingerprint density at radius 2 is 1.70 bits per heavy atom. The summed E-state index contributed by atoms with van der Waals surface area (Å²) < 4.78 is 12.9. The number of hydrogen-bond acceptors (Lipinski definition) is 7. The van der Waals surface area contributed by atoms with Gasteiger partial charge in [0.25, 0.3) is 0 Å². The average Bonchev–Trinajstić information content (AvgIpc) is 3.44. The Balaban J connectivity index is 1.01. The molecule has 0 atom stereocenters. The summed E-state index contributed by atoms with van der Waals surface area (Å²) in [4.78, 5) is 13.0. The van der Waals surface area contributed by atoms with Crippen LogP contribution in [0.25, 0.3) is 22.0 Å². The van der Waals surface area contributed by atoms with Crippen LogP contribution in [0.3, 0.4) is 0 Å². The van der Waals surface area contributed by atoms with Crippen LogP contribution in [0.1, 0.15) is 31.4 Å². The van der Waals surface area contributed by atoms with Crippen LogP contribution in [-0.2, 0) is 13.1 Å². The third-order valence-electron chi connectivity index (χ3n) is 5.36. The molecular weight excluding hydrogens is 420 g/mol. The van der Waals surface area contributed by atoms with Crippen molar-refractivity contribution in [3.05, 3.63) is 76.9 Å². The van der Waals surface area contributed by atoms with Crippen LogP contribution in [0.2, 0.25) is 0 Å². The second-order valence-corrected chi connectivity index (χ2v) is 7.91. The SMILES string of the molecule is O=c1ccc2ccc(OCCCCCCn3cc(Cn4nc5ccccc5n4)nn3)cc2o1. The highest BCUT2D eigenvalue weighted by atomic mass is 16.5. The van der Waals surface area contributed by atoms with Crippen LogP contribution in [0.15, 0.2) is 70.0 Å². The Kier molecular flexibility index (Phi) is 6.10. The molecule has 5 rings (SSSR count). The Bertz CT molecular complexity index is 1390. The van der Waals surface area contributed by atoms with Gasteiger partial charge in [-0.15, -0.1) is 5.10 Å². The van der Waals surface area contributed by atoms with Crippen molar-refractivity contribution < 1.29 is 9.15 Å². The van der Waals surface area contributed by atoms with Crippen LogP contribution in [-0.4, -0.2) is 36.6 Å². The lowest BCUT2D eigenvalue weighted by molar-refractivity contribution is 0.303. The minimum atomic E-state index is -0.356. The molecule has 9 heteroatoms. The van der Waals surface area contributed by atoms with Gasteiger partial charge in [-0.25, -0.2) is 4.79 Å². The first-order chi connectivity index (χ1) is 16.2. The van der Waals surface area contributed by atoms with E-state index >= 15 is 0 Å². The summed E-state index contributed by atoms with van der Waals surface area (Å²) in [6.45, 7) is 1.96. The number of benzene rings is 2. The summed E-state index contributed by atoms with van der Waals surface area (Å²) in [5.41, 5.74) is 2.78. The molecule has 2 aromatic carbocycles. The van der Waals surface area contributed by atoms with Crippen LogP contribution in [0.5, 0.6) is 5.75 Å². The quantitative estimate of drug-likeness (QED) is 0.238. The Morgan fingerprint density at radius 1 is 0.909 bits per heavy atom. The fourth-order valence-electron chi connectivity index (χ4n) is 3.69. The number of ether oxygens (including phenoxy) is 1. The lowest BCUT2D eigenvalue weighted by Crippen LogP contribution is -2.04. The van der Waals surface area contributed by atoms with Crippen molar-refractivity contribution in [3.8, 4) is 5.75 Å². The van der Waals surface area contributed by atoms with E-state index in [1.165, 1.54) is 6.07 Å². The van der Waals surface area contributed by atoms with Gasteiger partial charge in [0.1, 0.15) is 34.6 Å². The van der Waals surface area contributed by atoms with Crippen molar-refractivity contribution in [2.75, 3.05) is 6.61 Å². The van der Waals surface area contributed by atoms with E-state index in [-0.39, 0.29) is 5.63 Å². The molecule has 0 radical (unpaired) electrons. The van der Waals surface area contributed by atoms with Gasteiger partial charge < -0.3 is 9.15 Å². The molecule has 0 fully saturated rings. The number of aryl methyl sites for hydroxylation is 1.